The molecule has 30 heavy (non-hydrogen) atoms. The van der Waals surface area contributed by atoms with Crippen molar-refractivity contribution in [2.24, 2.45) is 4.40 Å². The number of carbonyl (C=O) groups is 1. The van der Waals surface area contributed by atoms with Gasteiger partial charge < -0.3 is 0 Å². The van der Waals surface area contributed by atoms with Crippen molar-refractivity contribution in [3.63, 3.8) is 0 Å². The maximum absolute atomic E-state index is 12.8. The summed E-state index contributed by atoms with van der Waals surface area (Å²) in [7, 11) is -4.03. The minimum atomic E-state index is -4.03. The predicted molar refractivity (Wildman–Crippen MR) is 119 cm³/mol. The highest BCUT2D eigenvalue weighted by atomic mass is 79.9. The first kappa shape index (κ1) is 21.9. The highest BCUT2D eigenvalue weighted by Crippen LogP contribution is 2.34. The number of carbonyl (C=O) groups excluding carboxylic acids is 1. The van der Waals surface area contributed by atoms with Crippen molar-refractivity contribution < 1.29 is 18.1 Å². The first-order chi connectivity index (χ1) is 14.2. The van der Waals surface area contributed by atoms with Crippen molar-refractivity contribution in [2.45, 2.75) is 4.90 Å². The Morgan fingerprint density at radius 3 is 2.37 bits per heavy atom. The molecule has 1 heterocycles. The molecule has 0 unspecified atom stereocenters. The van der Waals surface area contributed by atoms with Gasteiger partial charge in [-0.1, -0.05) is 22.0 Å². The van der Waals surface area contributed by atoms with Gasteiger partial charge in [0, 0.05) is 23.2 Å². The molecule has 0 radical (unpaired) electrons. The second-order valence-corrected chi connectivity index (χ2v) is 9.50. The van der Waals surface area contributed by atoms with Crippen molar-refractivity contribution in [1.82, 2.24) is 4.90 Å². The molecule has 1 aliphatic rings. The lowest BCUT2D eigenvalue weighted by molar-refractivity contribution is -0.384. The smallest absolute Gasteiger partial charge is 0.282 e. The molecule has 3 rings (SSSR count). The lowest BCUT2D eigenvalue weighted by Crippen LogP contribution is -2.29. The second kappa shape index (κ2) is 8.94. The largest absolute Gasteiger partial charge is 0.284 e. The number of benzene rings is 2. The van der Waals surface area contributed by atoms with Crippen LogP contribution in [-0.4, -0.2) is 35.9 Å². The highest BCUT2D eigenvalue weighted by Gasteiger charge is 2.34. The number of hydrogen-bond acceptors (Lipinski definition) is 6. The van der Waals surface area contributed by atoms with E-state index in [1.807, 2.05) is 0 Å². The molecule has 0 N–H and O–H groups in total. The average molecular weight is 508 g/mol. The molecule has 154 valence electrons. The van der Waals surface area contributed by atoms with Crippen molar-refractivity contribution >= 4 is 60.6 Å². The summed E-state index contributed by atoms with van der Waals surface area (Å²) in [6.07, 6.45) is 3.00. The van der Waals surface area contributed by atoms with Crippen molar-refractivity contribution in [3.8, 4) is 0 Å². The standard InChI is InChI=1S/C19H14BrN3O5S2/c1-2-11-22-18(24)17(12-13-3-7-15(8-4-13)23(25)26)29-19(22)21-30(27,28)16-9-5-14(20)6-10-16/h2-10,12H,1,11H2/b17-12-,21-19?. The summed E-state index contributed by atoms with van der Waals surface area (Å²) >= 11 is 4.16. The van der Waals surface area contributed by atoms with Crippen LogP contribution in [0.4, 0.5) is 5.69 Å². The molecule has 0 aliphatic carbocycles. The number of nitro benzene ring substituents is 1. The van der Waals surface area contributed by atoms with Crippen molar-refractivity contribution in [2.75, 3.05) is 6.54 Å². The Balaban J connectivity index is 1.96. The third-order valence-electron chi connectivity index (χ3n) is 3.91. The number of thioether (sulfide) groups is 1. The van der Waals surface area contributed by atoms with Gasteiger partial charge in [-0.2, -0.15) is 8.42 Å². The predicted octanol–water partition coefficient (Wildman–Crippen LogP) is 4.20. The van der Waals surface area contributed by atoms with E-state index >= 15 is 0 Å². The molecular weight excluding hydrogens is 494 g/mol. The summed E-state index contributed by atoms with van der Waals surface area (Å²) in [5, 5.41) is 10.8. The molecular formula is C19H14BrN3O5S2. The summed E-state index contributed by atoms with van der Waals surface area (Å²) in [5.41, 5.74) is 0.491. The van der Waals surface area contributed by atoms with E-state index in [2.05, 4.69) is 26.9 Å². The molecule has 1 fully saturated rings. The molecule has 1 saturated heterocycles. The molecule has 2 aromatic rings. The lowest BCUT2D eigenvalue weighted by Gasteiger charge is -2.12. The second-order valence-electron chi connectivity index (χ2n) is 5.97. The number of nitro groups is 1. The van der Waals surface area contributed by atoms with E-state index in [-0.39, 0.29) is 27.2 Å². The summed E-state index contributed by atoms with van der Waals surface area (Å²) in [4.78, 5) is 24.5. The van der Waals surface area contributed by atoms with Gasteiger partial charge in [-0.3, -0.25) is 19.8 Å². The molecule has 8 nitrogen and oxygen atoms in total. The Hall–Kier alpha value is -2.76. The highest BCUT2D eigenvalue weighted by molar-refractivity contribution is 9.10. The third kappa shape index (κ3) is 4.86. The van der Waals surface area contributed by atoms with Gasteiger partial charge in [0.05, 0.1) is 14.7 Å². The van der Waals surface area contributed by atoms with Crippen LogP contribution >= 0.6 is 27.7 Å². The zero-order chi connectivity index (χ0) is 21.9. The van der Waals surface area contributed by atoms with Gasteiger partial charge in [0.2, 0.25) is 0 Å². The molecule has 0 spiro atoms. The van der Waals surface area contributed by atoms with E-state index in [1.54, 1.807) is 12.1 Å². The fourth-order valence-corrected chi connectivity index (χ4v) is 4.93. The summed E-state index contributed by atoms with van der Waals surface area (Å²) in [6.45, 7) is 3.68. The van der Waals surface area contributed by atoms with E-state index in [4.69, 9.17) is 0 Å². The summed E-state index contributed by atoms with van der Waals surface area (Å²) in [6, 6.07) is 11.7. The van der Waals surface area contributed by atoms with Gasteiger partial charge in [0.15, 0.2) is 5.17 Å². The van der Waals surface area contributed by atoms with Gasteiger partial charge in [0.1, 0.15) is 0 Å². The molecule has 0 saturated carbocycles. The van der Waals surface area contributed by atoms with Gasteiger partial charge in [-0.15, -0.1) is 11.0 Å². The molecule has 1 aliphatic heterocycles. The van der Waals surface area contributed by atoms with Crippen molar-refractivity contribution in [3.05, 3.63) is 86.2 Å². The maximum Gasteiger partial charge on any atom is 0.284 e. The van der Waals surface area contributed by atoms with Crippen LogP contribution in [0.15, 0.2) is 79.9 Å². The van der Waals surface area contributed by atoms with Crippen LogP contribution in [0.25, 0.3) is 6.08 Å². The van der Waals surface area contributed by atoms with E-state index < -0.39 is 20.9 Å². The molecule has 0 bridgehead atoms. The van der Waals surface area contributed by atoms with Crippen LogP contribution in [0.3, 0.4) is 0 Å². The number of sulfonamides is 1. The van der Waals surface area contributed by atoms with E-state index in [1.165, 1.54) is 53.5 Å². The molecule has 2 aromatic carbocycles. The quantitative estimate of drug-likeness (QED) is 0.250. The Morgan fingerprint density at radius 1 is 1.17 bits per heavy atom. The minimum absolute atomic E-state index is 0.00222. The molecule has 1 amide bonds. The lowest BCUT2D eigenvalue weighted by atomic mass is 10.2. The van der Waals surface area contributed by atoms with E-state index in [9.17, 15) is 23.3 Å². The van der Waals surface area contributed by atoms with Crippen LogP contribution in [-0.2, 0) is 14.8 Å². The first-order valence-corrected chi connectivity index (χ1v) is 11.4. The number of rotatable bonds is 6. The Labute approximate surface area is 185 Å². The van der Waals surface area contributed by atoms with Gasteiger partial charge in [-0.05, 0) is 59.8 Å². The van der Waals surface area contributed by atoms with E-state index in [0.29, 0.717) is 5.56 Å². The minimum Gasteiger partial charge on any atom is -0.282 e. The number of amides is 1. The number of nitrogens with zero attached hydrogens (tertiary/aromatic N) is 3. The van der Waals surface area contributed by atoms with E-state index in [0.717, 1.165) is 16.2 Å². The topological polar surface area (TPSA) is 110 Å². The fourth-order valence-electron chi connectivity index (χ4n) is 2.47. The average Bonchev–Trinajstić information content (AvgIpc) is 2.97. The number of hydrogen-bond donors (Lipinski definition) is 0. The van der Waals surface area contributed by atoms with Crippen LogP contribution in [0, 0.1) is 10.1 Å². The van der Waals surface area contributed by atoms with Crippen LogP contribution in [0.1, 0.15) is 5.56 Å². The summed E-state index contributed by atoms with van der Waals surface area (Å²) in [5.74, 6) is -0.428. The SMILES string of the molecule is C=CCN1C(=O)/C(=C/c2ccc([N+](=O)[O-])cc2)SC1=NS(=O)(=O)c1ccc(Br)cc1. The normalized spacial score (nSPS) is 17.0. The van der Waals surface area contributed by atoms with Crippen molar-refractivity contribution in [1.29, 1.82) is 0 Å². The Kier molecular flexibility index (Phi) is 6.54. The number of amidine groups is 1. The Bertz CT molecular complexity index is 1170. The molecule has 0 atom stereocenters. The third-order valence-corrected chi connectivity index (χ3v) is 6.84. The zero-order valence-corrected chi connectivity index (χ0v) is 18.5. The fraction of sp³-hybridized carbons (Fsp3) is 0.0526. The van der Waals surface area contributed by atoms with Gasteiger partial charge >= 0.3 is 0 Å². The van der Waals surface area contributed by atoms with Crippen LogP contribution < -0.4 is 0 Å². The van der Waals surface area contributed by atoms with Gasteiger partial charge in [-0.25, -0.2) is 0 Å². The first-order valence-electron chi connectivity index (χ1n) is 8.38. The summed E-state index contributed by atoms with van der Waals surface area (Å²) < 4.78 is 29.9. The zero-order valence-electron chi connectivity index (χ0n) is 15.3. The molecule has 11 heteroatoms. The van der Waals surface area contributed by atoms with Crippen LogP contribution in [0.2, 0.25) is 0 Å². The number of non-ortho nitro benzene ring substituents is 1. The Morgan fingerprint density at radius 2 is 1.80 bits per heavy atom. The monoisotopic (exact) mass is 507 g/mol. The number of halogens is 1. The molecule has 0 aromatic heterocycles. The maximum atomic E-state index is 12.8. The van der Waals surface area contributed by atoms with Gasteiger partial charge in [0.25, 0.3) is 21.6 Å². The van der Waals surface area contributed by atoms with Crippen LogP contribution in [0.5, 0.6) is 0 Å².